The van der Waals surface area contributed by atoms with Gasteiger partial charge in [0.05, 0.1) is 30.3 Å². The number of benzene rings is 1. The van der Waals surface area contributed by atoms with E-state index in [1.165, 1.54) is 12.1 Å². The molecule has 1 aromatic rings. The van der Waals surface area contributed by atoms with E-state index in [0.717, 1.165) is 6.07 Å². The molecule has 21 heavy (non-hydrogen) atoms. The minimum Gasteiger partial charge on any atom is -0.478 e. The molecule has 0 spiro atoms. The van der Waals surface area contributed by atoms with Crippen molar-refractivity contribution in [2.24, 2.45) is 0 Å². The third-order valence-electron chi connectivity index (χ3n) is 2.45. The van der Waals surface area contributed by atoms with E-state index in [1.54, 1.807) is 7.11 Å². The number of carbonyl (C=O) groups is 1. The van der Waals surface area contributed by atoms with Gasteiger partial charge in [-0.1, -0.05) is 0 Å². The molecule has 0 unspecified atom stereocenters. The number of hydrogen-bond acceptors (Lipinski definition) is 5. The fourth-order valence-electron chi connectivity index (χ4n) is 1.41. The second-order valence-electron chi connectivity index (χ2n) is 3.95. The number of halogens is 1. The zero-order valence-corrected chi connectivity index (χ0v) is 13.7. The zero-order chi connectivity index (χ0) is 15.9. The normalized spacial score (nSPS) is 11.5. The van der Waals surface area contributed by atoms with Crippen molar-refractivity contribution in [1.29, 1.82) is 0 Å². The molecule has 0 aliphatic heterocycles. The van der Waals surface area contributed by atoms with Gasteiger partial charge in [-0.3, -0.25) is 0 Å². The van der Waals surface area contributed by atoms with Gasteiger partial charge in [0.2, 0.25) is 10.0 Å². The largest absolute Gasteiger partial charge is 0.478 e. The quantitative estimate of drug-likeness (QED) is 0.620. The number of rotatable bonds is 9. The minimum absolute atomic E-state index is 0.0878. The number of methoxy groups -OCH3 is 1. The smallest absolute Gasteiger partial charge is 0.336 e. The standard InChI is InChI=1S/C12H16BrNO6S/c1-19-6-7-20-5-4-14-21(17,18)9-2-3-11(13)10(8-9)12(15)16/h2-3,8,14H,4-7H2,1H3,(H,15,16). The Morgan fingerprint density at radius 3 is 2.67 bits per heavy atom. The summed E-state index contributed by atoms with van der Waals surface area (Å²) in [6.07, 6.45) is 0. The van der Waals surface area contributed by atoms with Crippen LogP contribution in [0, 0.1) is 0 Å². The Balaban J connectivity index is 2.66. The molecular weight excluding hydrogens is 366 g/mol. The summed E-state index contributed by atoms with van der Waals surface area (Å²) in [6.45, 7) is 1.09. The van der Waals surface area contributed by atoms with Crippen LogP contribution in [-0.4, -0.2) is 53.0 Å². The first-order chi connectivity index (χ1) is 9.88. The van der Waals surface area contributed by atoms with Gasteiger partial charge in [0.25, 0.3) is 0 Å². The Morgan fingerprint density at radius 1 is 1.33 bits per heavy atom. The Bertz CT molecular complexity index is 589. The summed E-state index contributed by atoms with van der Waals surface area (Å²) in [5, 5.41) is 8.98. The van der Waals surface area contributed by atoms with E-state index < -0.39 is 16.0 Å². The molecule has 0 heterocycles. The van der Waals surface area contributed by atoms with Crippen LogP contribution >= 0.6 is 15.9 Å². The number of hydrogen-bond donors (Lipinski definition) is 2. The van der Waals surface area contributed by atoms with Crippen molar-refractivity contribution in [3.8, 4) is 0 Å². The second-order valence-corrected chi connectivity index (χ2v) is 6.57. The average Bonchev–Trinajstić information content (AvgIpc) is 2.42. The van der Waals surface area contributed by atoms with Crippen LogP contribution in [0.5, 0.6) is 0 Å². The molecule has 0 saturated carbocycles. The fourth-order valence-corrected chi connectivity index (χ4v) is 2.87. The Kier molecular flexibility index (Phi) is 7.26. The minimum atomic E-state index is -3.77. The van der Waals surface area contributed by atoms with Gasteiger partial charge in [-0.05, 0) is 34.1 Å². The number of aromatic carboxylic acids is 1. The summed E-state index contributed by atoms with van der Waals surface area (Å²) >= 11 is 3.06. The summed E-state index contributed by atoms with van der Waals surface area (Å²) in [5.74, 6) is -1.21. The van der Waals surface area contributed by atoms with Crippen molar-refractivity contribution in [2.45, 2.75) is 4.90 Å². The zero-order valence-electron chi connectivity index (χ0n) is 11.3. The molecule has 0 fully saturated rings. The molecular formula is C12H16BrNO6S. The first kappa shape index (κ1) is 18.1. The van der Waals surface area contributed by atoms with Crippen LogP contribution in [-0.2, 0) is 19.5 Å². The second kappa shape index (κ2) is 8.44. The number of carboxylic acid groups (broad SMARTS) is 1. The van der Waals surface area contributed by atoms with Gasteiger partial charge in [-0.25, -0.2) is 17.9 Å². The number of sulfonamides is 1. The molecule has 0 aliphatic carbocycles. The SMILES string of the molecule is COCCOCCNS(=O)(=O)c1ccc(Br)c(C(=O)O)c1. The van der Waals surface area contributed by atoms with E-state index in [2.05, 4.69) is 20.7 Å². The van der Waals surface area contributed by atoms with Crippen LogP contribution in [0.1, 0.15) is 10.4 Å². The van der Waals surface area contributed by atoms with Crippen LogP contribution in [0.15, 0.2) is 27.6 Å². The highest BCUT2D eigenvalue weighted by atomic mass is 79.9. The molecule has 0 bridgehead atoms. The summed E-state index contributed by atoms with van der Waals surface area (Å²) in [7, 11) is -2.23. The molecule has 9 heteroatoms. The lowest BCUT2D eigenvalue weighted by molar-refractivity contribution is 0.0695. The van der Waals surface area contributed by atoms with Crippen LogP contribution in [0.4, 0.5) is 0 Å². The lowest BCUT2D eigenvalue weighted by Gasteiger charge is -2.08. The molecule has 1 rings (SSSR count). The van der Waals surface area contributed by atoms with Gasteiger partial charge >= 0.3 is 5.97 Å². The van der Waals surface area contributed by atoms with E-state index >= 15 is 0 Å². The van der Waals surface area contributed by atoms with E-state index in [0.29, 0.717) is 17.7 Å². The summed E-state index contributed by atoms with van der Waals surface area (Å²) in [4.78, 5) is 10.9. The number of carboxylic acids is 1. The molecule has 0 atom stereocenters. The van der Waals surface area contributed by atoms with E-state index in [4.69, 9.17) is 14.6 Å². The summed E-state index contributed by atoms with van der Waals surface area (Å²) in [5.41, 5.74) is -0.116. The van der Waals surface area contributed by atoms with Gasteiger partial charge in [-0.15, -0.1) is 0 Å². The van der Waals surface area contributed by atoms with Crippen LogP contribution in [0.3, 0.4) is 0 Å². The van der Waals surface area contributed by atoms with Crippen LogP contribution < -0.4 is 4.72 Å². The van der Waals surface area contributed by atoms with Crippen LogP contribution in [0.2, 0.25) is 0 Å². The maximum atomic E-state index is 12.0. The molecule has 2 N–H and O–H groups in total. The van der Waals surface area contributed by atoms with Crippen molar-refractivity contribution >= 4 is 31.9 Å². The summed E-state index contributed by atoms with van der Waals surface area (Å²) < 4.78 is 36.6. The molecule has 0 amide bonds. The highest BCUT2D eigenvalue weighted by molar-refractivity contribution is 9.10. The van der Waals surface area contributed by atoms with E-state index in [1.807, 2.05) is 0 Å². The van der Waals surface area contributed by atoms with Crippen molar-refractivity contribution in [3.63, 3.8) is 0 Å². The number of ether oxygens (including phenoxy) is 2. The predicted molar refractivity (Wildman–Crippen MR) is 79.0 cm³/mol. The Morgan fingerprint density at radius 2 is 2.05 bits per heavy atom. The molecule has 0 aromatic heterocycles. The van der Waals surface area contributed by atoms with Crippen molar-refractivity contribution in [3.05, 3.63) is 28.2 Å². The highest BCUT2D eigenvalue weighted by Crippen LogP contribution is 2.20. The molecule has 118 valence electrons. The molecule has 1 aromatic carbocycles. The highest BCUT2D eigenvalue weighted by Gasteiger charge is 2.17. The predicted octanol–water partition coefficient (Wildman–Crippen LogP) is 1.09. The molecule has 0 aliphatic rings. The molecule has 7 nitrogen and oxygen atoms in total. The van der Waals surface area contributed by atoms with Gasteiger partial charge in [0, 0.05) is 18.1 Å². The van der Waals surface area contributed by atoms with Crippen LogP contribution in [0.25, 0.3) is 0 Å². The van der Waals surface area contributed by atoms with Crippen molar-refractivity contribution in [1.82, 2.24) is 4.72 Å². The monoisotopic (exact) mass is 381 g/mol. The third-order valence-corrected chi connectivity index (χ3v) is 4.60. The first-order valence-corrected chi connectivity index (χ1v) is 8.25. The fraction of sp³-hybridized carbons (Fsp3) is 0.417. The maximum absolute atomic E-state index is 12.0. The molecule has 0 saturated heterocycles. The van der Waals surface area contributed by atoms with Gasteiger partial charge in [0.15, 0.2) is 0 Å². The maximum Gasteiger partial charge on any atom is 0.336 e. The lowest BCUT2D eigenvalue weighted by atomic mass is 10.2. The molecule has 0 radical (unpaired) electrons. The Labute approximate surface area is 131 Å². The van der Waals surface area contributed by atoms with E-state index in [9.17, 15) is 13.2 Å². The van der Waals surface area contributed by atoms with E-state index in [-0.39, 0.29) is 23.6 Å². The third kappa shape index (κ3) is 5.71. The van der Waals surface area contributed by atoms with Gasteiger partial charge < -0.3 is 14.6 Å². The van der Waals surface area contributed by atoms with Gasteiger partial charge in [-0.2, -0.15) is 0 Å². The lowest BCUT2D eigenvalue weighted by Crippen LogP contribution is -2.28. The number of nitrogens with one attached hydrogen (secondary N) is 1. The van der Waals surface area contributed by atoms with Gasteiger partial charge in [0.1, 0.15) is 0 Å². The van der Waals surface area contributed by atoms with Crippen molar-refractivity contribution < 1.29 is 27.8 Å². The van der Waals surface area contributed by atoms with Crippen molar-refractivity contribution in [2.75, 3.05) is 33.5 Å². The summed E-state index contributed by atoms with van der Waals surface area (Å²) in [6, 6.07) is 3.80. The Hall–Kier alpha value is -1.00. The average molecular weight is 382 g/mol. The topological polar surface area (TPSA) is 102 Å². The first-order valence-electron chi connectivity index (χ1n) is 5.97.